The topological polar surface area (TPSA) is 123 Å². The van der Waals surface area contributed by atoms with E-state index in [0.29, 0.717) is 27.2 Å². The summed E-state index contributed by atoms with van der Waals surface area (Å²) in [6.45, 7) is 3.47. The number of carbonyl (C=O) groups excluding carboxylic acids is 4. The van der Waals surface area contributed by atoms with Crippen LogP contribution in [0.25, 0.3) is 6.08 Å². The maximum absolute atomic E-state index is 13.3. The van der Waals surface area contributed by atoms with Gasteiger partial charge in [-0.05, 0) is 101 Å². The van der Waals surface area contributed by atoms with E-state index in [1.165, 1.54) is 13.2 Å². The molecular weight excluding hydrogens is 582 g/mol. The number of rotatable bonds is 8. The van der Waals surface area contributed by atoms with Crippen molar-refractivity contribution in [1.82, 2.24) is 5.32 Å². The highest BCUT2D eigenvalue weighted by Gasteiger charge is 2.37. The van der Waals surface area contributed by atoms with Gasteiger partial charge in [0.15, 0.2) is 18.1 Å². The fraction of sp³-hybridized carbons (Fsp3) is 0.172. The van der Waals surface area contributed by atoms with Crippen LogP contribution in [0, 0.1) is 13.8 Å². The van der Waals surface area contributed by atoms with E-state index in [1.54, 1.807) is 61.7 Å². The SMILES string of the molecule is COc1ccc(NC(=O)COc2c(Br)cc(/C=C3/C(=O)NC(=O)N(c4ccc(C)c(C)c4)C3=O)cc2OC)cc1. The van der Waals surface area contributed by atoms with Crippen molar-refractivity contribution >= 4 is 57.1 Å². The first-order valence-corrected chi connectivity index (χ1v) is 12.8. The van der Waals surface area contributed by atoms with Crippen molar-refractivity contribution in [1.29, 1.82) is 0 Å². The Hall–Kier alpha value is -4.64. The third-order valence-electron chi connectivity index (χ3n) is 6.13. The Morgan fingerprint density at radius 3 is 2.35 bits per heavy atom. The zero-order valence-electron chi connectivity index (χ0n) is 22.2. The Morgan fingerprint density at radius 2 is 1.70 bits per heavy atom. The van der Waals surface area contributed by atoms with Gasteiger partial charge in [-0.15, -0.1) is 0 Å². The number of ether oxygens (including phenoxy) is 3. The van der Waals surface area contributed by atoms with Gasteiger partial charge >= 0.3 is 6.03 Å². The number of aryl methyl sites for hydroxylation is 2. The lowest BCUT2D eigenvalue weighted by atomic mass is 10.0. The first-order valence-electron chi connectivity index (χ1n) is 12.0. The number of nitrogens with one attached hydrogen (secondary N) is 2. The third kappa shape index (κ3) is 6.15. The Kier molecular flexibility index (Phi) is 8.54. The van der Waals surface area contributed by atoms with E-state index >= 15 is 0 Å². The van der Waals surface area contributed by atoms with Gasteiger partial charge in [0.25, 0.3) is 17.7 Å². The zero-order valence-corrected chi connectivity index (χ0v) is 23.7. The number of carbonyl (C=O) groups is 4. The molecule has 3 aromatic carbocycles. The Balaban J connectivity index is 1.54. The maximum atomic E-state index is 13.3. The standard InChI is InChI=1S/C29H26BrN3O7/c1-16-5-8-20(11-17(16)2)33-28(36)22(27(35)32-29(33)37)12-18-13-23(30)26(24(14-18)39-4)40-15-25(34)31-19-6-9-21(38-3)10-7-19/h5-14H,15H2,1-4H3,(H,31,34)(H,32,35,37)/b22-12-. The van der Waals surface area contributed by atoms with Crippen molar-refractivity contribution in [3.8, 4) is 17.2 Å². The summed E-state index contributed by atoms with van der Waals surface area (Å²) in [6.07, 6.45) is 1.35. The van der Waals surface area contributed by atoms with Crippen LogP contribution in [0.5, 0.6) is 17.2 Å². The lowest BCUT2D eigenvalue weighted by molar-refractivity contribution is -0.122. The molecule has 1 heterocycles. The molecule has 0 atom stereocenters. The summed E-state index contributed by atoms with van der Waals surface area (Å²) in [5.41, 5.74) is 3.00. The molecule has 0 radical (unpaired) electrons. The lowest BCUT2D eigenvalue weighted by Gasteiger charge is -2.27. The Bertz CT molecular complexity index is 1530. The fourth-order valence-electron chi connectivity index (χ4n) is 3.90. The summed E-state index contributed by atoms with van der Waals surface area (Å²) in [4.78, 5) is 51.8. The highest BCUT2D eigenvalue weighted by Crippen LogP contribution is 2.37. The molecule has 206 valence electrons. The highest BCUT2D eigenvalue weighted by atomic mass is 79.9. The number of benzene rings is 3. The lowest BCUT2D eigenvalue weighted by Crippen LogP contribution is -2.54. The number of hydrogen-bond acceptors (Lipinski definition) is 7. The second-order valence-corrected chi connectivity index (χ2v) is 9.68. The van der Waals surface area contributed by atoms with Crippen molar-refractivity contribution in [2.75, 3.05) is 31.0 Å². The fourth-order valence-corrected chi connectivity index (χ4v) is 4.47. The predicted octanol–water partition coefficient (Wildman–Crippen LogP) is 4.77. The van der Waals surface area contributed by atoms with Gasteiger partial charge in [0.2, 0.25) is 0 Å². The second kappa shape index (κ2) is 12.0. The van der Waals surface area contributed by atoms with Crippen molar-refractivity contribution in [2.24, 2.45) is 0 Å². The number of urea groups is 1. The number of imide groups is 2. The summed E-state index contributed by atoms with van der Waals surface area (Å²) >= 11 is 3.41. The van der Waals surface area contributed by atoms with Gasteiger partial charge in [-0.2, -0.15) is 0 Å². The monoisotopic (exact) mass is 607 g/mol. The molecular formula is C29H26BrN3O7. The van der Waals surface area contributed by atoms with Crippen LogP contribution < -0.4 is 29.7 Å². The number of halogens is 1. The quantitative estimate of drug-likeness (QED) is 0.279. The average molecular weight is 608 g/mol. The van der Waals surface area contributed by atoms with Gasteiger partial charge in [-0.3, -0.25) is 19.7 Å². The van der Waals surface area contributed by atoms with Crippen molar-refractivity contribution in [3.05, 3.63) is 81.3 Å². The minimum Gasteiger partial charge on any atom is -0.497 e. The van der Waals surface area contributed by atoms with E-state index < -0.39 is 23.8 Å². The van der Waals surface area contributed by atoms with Gasteiger partial charge in [-0.25, -0.2) is 9.69 Å². The van der Waals surface area contributed by atoms with E-state index in [4.69, 9.17) is 14.2 Å². The summed E-state index contributed by atoms with van der Waals surface area (Å²) in [6, 6.07) is 14.3. The van der Waals surface area contributed by atoms with Crippen molar-refractivity contribution in [3.63, 3.8) is 0 Å². The number of methoxy groups -OCH3 is 2. The molecule has 1 aliphatic heterocycles. The second-order valence-electron chi connectivity index (χ2n) is 8.83. The molecule has 11 heteroatoms. The van der Waals surface area contributed by atoms with E-state index in [1.807, 2.05) is 13.8 Å². The molecule has 4 rings (SSSR count). The summed E-state index contributed by atoms with van der Waals surface area (Å²) in [5, 5.41) is 4.94. The van der Waals surface area contributed by atoms with Crippen LogP contribution in [-0.4, -0.2) is 44.6 Å². The number of amides is 5. The minimum atomic E-state index is -0.828. The zero-order chi connectivity index (χ0) is 29.0. The predicted molar refractivity (Wildman–Crippen MR) is 153 cm³/mol. The van der Waals surface area contributed by atoms with Crippen molar-refractivity contribution in [2.45, 2.75) is 13.8 Å². The molecule has 0 saturated carbocycles. The minimum absolute atomic E-state index is 0.237. The molecule has 10 nitrogen and oxygen atoms in total. The summed E-state index contributed by atoms with van der Waals surface area (Å²) < 4.78 is 16.7. The molecule has 3 aromatic rings. The molecule has 0 aromatic heterocycles. The van der Waals surface area contributed by atoms with Crippen molar-refractivity contribution < 1.29 is 33.4 Å². The van der Waals surface area contributed by atoms with E-state index in [0.717, 1.165) is 16.0 Å². The van der Waals surface area contributed by atoms with Gasteiger partial charge in [0.1, 0.15) is 11.3 Å². The summed E-state index contributed by atoms with van der Waals surface area (Å²) in [5.74, 6) is -0.811. The van der Waals surface area contributed by atoms with E-state index in [2.05, 4.69) is 26.6 Å². The van der Waals surface area contributed by atoms with Gasteiger partial charge in [-0.1, -0.05) is 6.07 Å². The van der Waals surface area contributed by atoms with Crippen LogP contribution >= 0.6 is 15.9 Å². The molecule has 0 bridgehead atoms. The van der Waals surface area contributed by atoms with Crippen LogP contribution in [-0.2, 0) is 14.4 Å². The normalized spacial score (nSPS) is 14.2. The third-order valence-corrected chi connectivity index (χ3v) is 6.72. The van der Waals surface area contributed by atoms with Crippen LogP contribution in [0.15, 0.2) is 64.6 Å². The number of hydrogen-bond donors (Lipinski definition) is 2. The van der Waals surface area contributed by atoms with Crippen LogP contribution in [0.4, 0.5) is 16.2 Å². The van der Waals surface area contributed by atoms with Gasteiger partial charge < -0.3 is 19.5 Å². The first kappa shape index (κ1) is 28.4. The van der Waals surface area contributed by atoms with Crippen LogP contribution in [0.2, 0.25) is 0 Å². The molecule has 40 heavy (non-hydrogen) atoms. The average Bonchev–Trinajstić information content (AvgIpc) is 2.92. The molecule has 0 aliphatic carbocycles. The number of barbiturate groups is 1. The number of nitrogens with zero attached hydrogens (tertiary/aromatic N) is 1. The molecule has 2 N–H and O–H groups in total. The van der Waals surface area contributed by atoms with Crippen LogP contribution in [0.3, 0.4) is 0 Å². The molecule has 0 spiro atoms. The number of anilines is 2. The summed E-state index contributed by atoms with van der Waals surface area (Å²) in [7, 11) is 2.97. The molecule has 1 aliphatic rings. The smallest absolute Gasteiger partial charge is 0.335 e. The van der Waals surface area contributed by atoms with E-state index in [9.17, 15) is 19.2 Å². The van der Waals surface area contributed by atoms with E-state index in [-0.39, 0.29) is 23.7 Å². The van der Waals surface area contributed by atoms with Gasteiger partial charge in [0, 0.05) is 5.69 Å². The largest absolute Gasteiger partial charge is 0.497 e. The molecule has 0 unspecified atom stereocenters. The maximum Gasteiger partial charge on any atom is 0.335 e. The molecule has 1 fully saturated rings. The first-order chi connectivity index (χ1) is 19.1. The molecule has 5 amide bonds. The highest BCUT2D eigenvalue weighted by molar-refractivity contribution is 9.10. The van der Waals surface area contributed by atoms with Gasteiger partial charge in [0.05, 0.1) is 24.4 Å². The van der Waals surface area contributed by atoms with Crippen LogP contribution in [0.1, 0.15) is 16.7 Å². The Labute approximate surface area is 239 Å². The molecule has 1 saturated heterocycles. The Morgan fingerprint density at radius 1 is 0.975 bits per heavy atom.